The van der Waals surface area contributed by atoms with Crippen molar-refractivity contribution < 1.29 is 13.4 Å². The second kappa shape index (κ2) is 3.26. The smallest absolute Gasteiger partial charge is 0.243 e. The number of hydrogen-bond donors (Lipinski definition) is 0. The molecule has 4 nitrogen and oxygen atoms in total. The van der Waals surface area contributed by atoms with E-state index in [0.29, 0.717) is 0 Å². The number of benzene rings is 1. The van der Waals surface area contributed by atoms with E-state index in [2.05, 4.69) is 12.4 Å². The number of aromatic nitrogens is 2. The minimum Gasteiger partial charge on any atom is -0.470 e. The zero-order chi connectivity index (χ0) is 12.1. The SMILES string of the molecule is C[n+]1[c-]n(-c2coc3cc4occc4cc23)cc1. The molecule has 0 spiro atoms. The number of imidazole rings is 1. The summed E-state index contributed by atoms with van der Waals surface area (Å²) in [6.07, 6.45) is 10.5. The van der Waals surface area contributed by atoms with Crippen molar-refractivity contribution in [3.05, 3.63) is 49.4 Å². The lowest BCUT2D eigenvalue weighted by atomic mass is 10.2. The lowest BCUT2D eigenvalue weighted by molar-refractivity contribution is -0.674. The Balaban J connectivity index is 2.05. The first-order valence-corrected chi connectivity index (χ1v) is 5.66. The van der Waals surface area contributed by atoms with Crippen molar-refractivity contribution in [2.75, 3.05) is 0 Å². The second-order valence-electron chi connectivity index (χ2n) is 4.31. The molecule has 0 aliphatic rings. The van der Waals surface area contributed by atoms with Crippen molar-refractivity contribution in [3.63, 3.8) is 0 Å². The van der Waals surface area contributed by atoms with E-state index in [0.717, 1.165) is 27.6 Å². The van der Waals surface area contributed by atoms with Crippen molar-refractivity contribution in [3.8, 4) is 5.69 Å². The molecule has 4 aromatic rings. The van der Waals surface area contributed by atoms with Crippen LogP contribution in [0.25, 0.3) is 27.6 Å². The van der Waals surface area contributed by atoms with Gasteiger partial charge in [-0.2, -0.15) is 0 Å². The summed E-state index contributed by atoms with van der Waals surface area (Å²) in [6, 6.07) is 5.93. The molecule has 3 aromatic heterocycles. The Labute approximate surface area is 103 Å². The minimum absolute atomic E-state index is 0.817. The van der Waals surface area contributed by atoms with Crippen LogP contribution in [0, 0.1) is 6.33 Å². The van der Waals surface area contributed by atoms with Gasteiger partial charge >= 0.3 is 0 Å². The van der Waals surface area contributed by atoms with Gasteiger partial charge in [-0.05, 0) is 12.1 Å². The number of rotatable bonds is 1. The van der Waals surface area contributed by atoms with Crippen LogP contribution in [-0.2, 0) is 7.05 Å². The molecule has 0 amide bonds. The monoisotopic (exact) mass is 238 g/mol. The van der Waals surface area contributed by atoms with E-state index in [9.17, 15) is 0 Å². The van der Waals surface area contributed by atoms with Gasteiger partial charge in [0.25, 0.3) is 0 Å². The Bertz CT molecular complexity index is 851. The van der Waals surface area contributed by atoms with Crippen LogP contribution in [-0.4, -0.2) is 4.57 Å². The van der Waals surface area contributed by atoms with Crippen molar-refractivity contribution in [1.29, 1.82) is 0 Å². The molecule has 0 bridgehead atoms. The Morgan fingerprint density at radius 2 is 2.17 bits per heavy atom. The summed E-state index contributed by atoms with van der Waals surface area (Å²) in [5, 5.41) is 2.12. The van der Waals surface area contributed by atoms with Crippen LogP contribution in [0.3, 0.4) is 0 Å². The van der Waals surface area contributed by atoms with Crippen LogP contribution in [0.1, 0.15) is 0 Å². The molecule has 0 unspecified atom stereocenters. The van der Waals surface area contributed by atoms with Crippen molar-refractivity contribution in [1.82, 2.24) is 4.57 Å². The minimum atomic E-state index is 0.817. The molecule has 0 saturated heterocycles. The summed E-state index contributed by atoms with van der Waals surface area (Å²) in [4.78, 5) is 0. The highest BCUT2D eigenvalue weighted by Gasteiger charge is 2.09. The molecule has 0 saturated carbocycles. The quantitative estimate of drug-likeness (QED) is 0.377. The van der Waals surface area contributed by atoms with Gasteiger partial charge in [0.2, 0.25) is 6.33 Å². The van der Waals surface area contributed by atoms with E-state index >= 15 is 0 Å². The normalized spacial score (nSPS) is 11.6. The lowest BCUT2D eigenvalue weighted by Crippen LogP contribution is -2.24. The van der Waals surface area contributed by atoms with Gasteiger partial charge in [-0.15, -0.1) is 0 Å². The highest BCUT2D eigenvalue weighted by Crippen LogP contribution is 2.29. The summed E-state index contributed by atoms with van der Waals surface area (Å²) in [5.74, 6) is 0. The maximum Gasteiger partial charge on any atom is 0.243 e. The fourth-order valence-electron chi connectivity index (χ4n) is 2.20. The predicted octanol–water partition coefficient (Wildman–Crippen LogP) is 2.59. The Kier molecular flexibility index (Phi) is 1.73. The Morgan fingerprint density at radius 1 is 1.22 bits per heavy atom. The first kappa shape index (κ1) is 9.53. The third-order valence-corrected chi connectivity index (χ3v) is 3.09. The van der Waals surface area contributed by atoms with E-state index < -0.39 is 0 Å². The average molecular weight is 238 g/mol. The van der Waals surface area contributed by atoms with Crippen molar-refractivity contribution >= 4 is 21.9 Å². The van der Waals surface area contributed by atoms with Crippen molar-refractivity contribution in [2.45, 2.75) is 0 Å². The molecule has 3 heterocycles. The maximum absolute atomic E-state index is 5.58. The van der Waals surface area contributed by atoms with E-state index in [1.165, 1.54) is 0 Å². The zero-order valence-electron chi connectivity index (χ0n) is 9.75. The third kappa shape index (κ3) is 1.23. The maximum atomic E-state index is 5.58. The van der Waals surface area contributed by atoms with Crippen molar-refractivity contribution in [2.24, 2.45) is 7.05 Å². The van der Waals surface area contributed by atoms with Crippen LogP contribution < -0.4 is 4.57 Å². The Hall–Kier alpha value is -2.49. The van der Waals surface area contributed by atoms with Crippen LogP contribution in [0.5, 0.6) is 0 Å². The number of hydrogen-bond acceptors (Lipinski definition) is 2. The number of furan rings is 2. The van der Waals surface area contributed by atoms with Gasteiger partial charge in [-0.1, -0.05) is 0 Å². The van der Waals surface area contributed by atoms with Gasteiger partial charge < -0.3 is 18.0 Å². The summed E-state index contributed by atoms with van der Waals surface area (Å²) in [7, 11) is 1.94. The summed E-state index contributed by atoms with van der Waals surface area (Å²) in [6.45, 7) is 0. The molecule has 0 N–H and O–H groups in total. The average Bonchev–Trinajstić information content (AvgIpc) is 3.04. The number of nitrogens with zero attached hydrogens (tertiary/aromatic N) is 2. The predicted molar refractivity (Wildman–Crippen MR) is 65.3 cm³/mol. The molecule has 0 radical (unpaired) electrons. The lowest BCUT2D eigenvalue weighted by Gasteiger charge is -1.98. The summed E-state index contributed by atoms with van der Waals surface area (Å²) < 4.78 is 14.7. The third-order valence-electron chi connectivity index (χ3n) is 3.09. The standard InChI is InChI=1S/C14H10N2O2/c1-15-3-4-16(9-15)12-8-18-14-7-13-10(2-5-17-13)6-11(12)14/h2-8H,1H3. The molecule has 18 heavy (non-hydrogen) atoms. The molecular formula is C14H10N2O2. The van der Waals surface area contributed by atoms with Gasteiger partial charge in [0.05, 0.1) is 25.3 Å². The van der Waals surface area contributed by atoms with Crippen LogP contribution >= 0.6 is 0 Å². The van der Waals surface area contributed by atoms with Gasteiger partial charge in [0, 0.05) is 29.2 Å². The van der Waals surface area contributed by atoms with Gasteiger partial charge in [-0.25, -0.2) is 0 Å². The largest absolute Gasteiger partial charge is 0.470 e. The molecule has 0 aliphatic carbocycles. The summed E-state index contributed by atoms with van der Waals surface area (Å²) >= 11 is 0. The van der Waals surface area contributed by atoms with Gasteiger partial charge in [0.1, 0.15) is 11.2 Å². The molecule has 0 atom stereocenters. The first-order valence-electron chi connectivity index (χ1n) is 5.66. The number of aryl methyl sites for hydroxylation is 1. The molecule has 0 fully saturated rings. The fraction of sp³-hybridized carbons (Fsp3) is 0.0714. The van der Waals surface area contributed by atoms with Crippen LogP contribution in [0.4, 0.5) is 0 Å². The molecule has 4 heteroatoms. The van der Waals surface area contributed by atoms with E-state index in [4.69, 9.17) is 8.83 Å². The molecule has 0 aliphatic heterocycles. The molecular weight excluding hydrogens is 228 g/mol. The molecule has 88 valence electrons. The fourth-order valence-corrected chi connectivity index (χ4v) is 2.20. The molecule has 4 rings (SSSR count). The number of fused-ring (bicyclic) bond motifs is 2. The van der Waals surface area contributed by atoms with E-state index in [1.807, 2.05) is 40.7 Å². The van der Waals surface area contributed by atoms with Gasteiger partial charge in [0.15, 0.2) is 0 Å². The Morgan fingerprint density at radius 3 is 3.00 bits per heavy atom. The van der Waals surface area contributed by atoms with E-state index in [-0.39, 0.29) is 0 Å². The second-order valence-corrected chi connectivity index (χ2v) is 4.31. The van der Waals surface area contributed by atoms with E-state index in [1.54, 1.807) is 12.5 Å². The highest BCUT2D eigenvalue weighted by atomic mass is 16.3. The first-order chi connectivity index (χ1) is 8.81. The highest BCUT2D eigenvalue weighted by molar-refractivity contribution is 5.97. The summed E-state index contributed by atoms with van der Waals surface area (Å²) in [5.41, 5.74) is 2.64. The topological polar surface area (TPSA) is 35.1 Å². The molecule has 1 aromatic carbocycles. The van der Waals surface area contributed by atoms with Crippen LogP contribution in [0.15, 0.2) is 52.0 Å². The zero-order valence-corrected chi connectivity index (χ0v) is 9.75. The van der Waals surface area contributed by atoms with Gasteiger partial charge in [-0.3, -0.25) is 0 Å². The van der Waals surface area contributed by atoms with Crippen LogP contribution in [0.2, 0.25) is 0 Å².